The number of hydrogen-bond donors (Lipinski definition) is 0. The SMILES string of the molecule is CC1(C)c2cc(P(=O)(c3ccccc3)c3ccccc3)ccc2-c2cc3c4ccccc4c4cc(-c5cccnc5)ccc4c3cc21. The highest BCUT2D eigenvalue weighted by atomic mass is 31.2. The zero-order chi connectivity index (χ0) is 31.8. The Hall–Kier alpha value is -5.30. The molecule has 0 aliphatic heterocycles. The molecular weight excluding hydrogens is 589 g/mol. The molecule has 2 nitrogen and oxygen atoms in total. The summed E-state index contributed by atoms with van der Waals surface area (Å²) in [5, 5.41) is 10.1. The van der Waals surface area contributed by atoms with Gasteiger partial charge in [0.1, 0.15) is 0 Å². The molecule has 0 spiro atoms. The van der Waals surface area contributed by atoms with E-state index in [1.807, 2.05) is 79.1 Å². The second-order valence-corrected chi connectivity index (χ2v) is 15.9. The molecule has 1 aliphatic rings. The predicted molar refractivity (Wildman–Crippen MR) is 199 cm³/mol. The van der Waals surface area contributed by atoms with Gasteiger partial charge in [-0.2, -0.15) is 0 Å². The Morgan fingerprint density at radius 3 is 1.72 bits per heavy atom. The normalized spacial score (nSPS) is 13.6. The zero-order valence-electron chi connectivity index (χ0n) is 26.3. The minimum Gasteiger partial charge on any atom is -0.309 e. The van der Waals surface area contributed by atoms with E-state index in [2.05, 4.69) is 97.7 Å². The Morgan fingerprint density at radius 1 is 0.468 bits per heavy atom. The second kappa shape index (κ2) is 10.4. The Bertz CT molecular complexity index is 2510. The van der Waals surface area contributed by atoms with Crippen molar-refractivity contribution in [3.8, 4) is 22.3 Å². The fourth-order valence-corrected chi connectivity index (χ4v) is 10.5. The maximum atomic E-state index is 15.3. The van der Waals surface area contributed by atoms with Crippen LogP contribution in [-0.4, -0.2) is 4.98 Å². The van der Waals surface area contributed by atoms with Crippen molar-refractivity contribution in [1.29, 1.82) is 0 Å². The maximum Gasteiger partial charge on any atom is 0.171 e. The smallest absolute Gasteiger partial charge is 0.171 e. The third-order valence-electron chi connectivity index (χ3n) is 10.2. The summed E-state index contributed by atoms with van der Waals surface area (Å²) in [5.41, 5.74) is 7.01. The lowest BCUT2D eigenvalue weighted by Gasteiger charge is -2.25. The van der Waals surface area contributed by atoms with Crippen molar-refractivity contribution in [3.05, 3.63) is 169 Å². The van der Waals surface area contributed by atoms with E-state index in [1.54, 1.807) is 0 Å². The van der Waals surface area contributed by atoms with Crippen LogP contribution in [0.3, 0.4) is 0 Å². The number of pyridine rings is 1. The summed E-state index contributed by atoms with van der Waals surface area (Å²) in [7, 11) is -3.10. The van der Waals surface area contributed by atoms with Crippen LogP contribution in [0.15, 0.2) is 158 Å². The molecule has 1 heterocycles. The van der Waals surface area contributed by atoms with Gasteiger partial charge < -0.3 is 4.57 Å². The lowest BCUT2D eigenvalue weighted by Crippen LogP contribution is -2.26. The molecule has 0 bridgehead atoms. The molecule has 0 saturated carbocycles. The van der Waals surface area contributed by atoms with Crippen LogP contribution >= 0.6 is 7.14 Å². The van der Waals surface area contributed by atoms with Gasteiger partial charge in [0.25, 0.3) is 0 Å². The maximum absolute atomic E-state index is 15.3. The Balaban J connectivity index is 1.28. The molecule has 0 unspecified atom stereocenters. The third-order valence-corrected chi connectivity index (χ3v) is 13.3. The zero-order valence-corrected chi connectivity index (χ0v) is 27.2. The molecule has 0 N–H and O–H groups in total. The Kier molecular flexibility index (Phi) is 6.16. The number of fused-ring (bicyclic) bond motifs is 9. The van der Waals surface area contributed by atoms with Gasteiger partial charge in [0.2, 0.25) is 0 Å². The molecule has 224 valence electrons. The number of nitrogens with zero attached hydrogens (tertiary/aromatic N) is 1. The van der Waals surface area contributed by atoms with Gasteiger partial charge in [-0.05, 0) is 90.5 Å². The van der Waals surface area contributed by atoms with E-state index in [0.29, 0.717) is 0 Å². The minimum atomic E-state index is -3.10. The average Bonchev–Trinajstić information content (AvgIpc) is 3.36. The van der Waals surface area contributed by atoms with E-state index in [-0.39, 0.29) is 5.41 Å². The van der Waals surface area contributed by atoms with Gasteiger partial charge in [0.05, 0.1) is 0 Å². The van der Waals surface area contributed by atoms with Crippen LogP contribution in [0.1, 0.15) is 25.0 Å². The fraction of sp³-hybridized carbons (Fsp3) is 0.0682. The predicted octanol–water partition coefficient (Wildman–Crippen LogP) is 10.2. The molecule has 0 amide bonds. The van der Waals surface area contributed by atoms with Gasteiger partial charge in [0.15, 0.2) is 7.14 Å². The molecule has 3 heteroatoms. The summed E-state index contributed by atoms with van der Waals surface area (Å²) in [4.78, 5) is 4.37. The molecule has 0 radical (unpaired) electrons. The van der Waals surface area contributed by atoms with Gasteiger partial charge in [-0.1, -0.05) is 129 Å². The Morgan fingerprint density at radius 2 is 1.06 bits per heavy atom. The van der Waals surface area contributed by atoms with E-state index in [9.17, 15) is 0 Å². The van der Waals surface area contributed by atoms with Crippen molar-refractivity contribution in [3.63, 3.8) is 0 Å². The van der Waals surface area contributed by atoms with Crippen molar-refractivity contribution in [1.82, 2.24) is 4.98 Å². The molecule has 0 fully saturated rings. The highest BCUT2D eigenvalue weighted by Crippen LogP contribution is 2.53. The first-order valence-corrected chi connectivity index (χ1v) is 17.9. The van der Waals surface area contributed by atoms with Crippen LogP contribution in [-0.2, 0) is 9.98 Å². The molecule has 0 atom stereocenters. The molecule has 7 aromatic carbocycles. The van der Waals surface area contributed by atoms with Crippen molar-refractivity contribution in [2.45, 2.75) is 19.3 Å². The first-order chi connectivity index (χ1) is 22.9. The summed E-state index contributed by atoms with van der Waals surface area (Å²) < 4.78 is 15.3. The monoisotopic (exact) mass is 621 g/mol. The summed E-state index contributed by atoms with van der Waals surface area (Å²) in [6, 6.07) is 51.0. The molecule has 9 rings (SSSR count). The summed E-state index contributed by atoms with van der Waals surface area (Å²) in [6.07, 6.45) is 3.75. The van der Waals surface area contributed by atoms with Crippen molar-refractivity contribution in [2.24, 2.45) is 0 Å². The first kappa shape index (κ1) is 28.0. The van der Waals surface area contributed by atoms with E-state index in [4.69, 9.17) is 0 Å². The molecule has 8 aromatic rings. The standard InChI is InChI=1S/C44H32NOP/c1-44(2)42-25-33(47(46,31-13-5-3-6-14-31)32-15-7-4-8-16-32)20-22-37(42)41-26-39-35-18-10-9-17-34(35)38-24-29(30-12-11-23-45-28-30)19-21-36(38)40(39)27-43(41)44/h3-28H,1-2H3. The highest BCUT2D eigenvalue weighted by Gasteiger charge is 2.38. The van der Waals surface area contributed by atoms with Crippen molar-refractivity contribution >= 4 is 55.4 Å². The molecule has 1 aliphatic carbocycles. The quantitative estimate of drug-likeness (QED) is 0.145. The van der Waals surface area contributed by atoms with Gasteiger partial charge >= 0.3 is 0 Å². The van der Waals surface area contributed by atoms with Gasteiger partial charge in [-0.15, -0.1) is 0 Å². The van der Waals surface area contributed by atoms with E-state index >= 15 is 4.57 Å². The first-order valence-electron chi connectivity index (χ1n) is 16.1. The number of hydrogen-bond acceptors (Lipinski definition) is 2. The van der Waals surface area contributed by atoms with Crippen LogP contribution in [0.2, 0.25) is 0 Å². The summed E-state index contributed by atoms with van der Waals surface area (Å²) in [6.45, 7) is 4.62. The van der Waals surface area contributed by atoms with E-state index < -0.39 is 7.14 Å². The third kappa shape index (κ3) is 4.12. The topological polar surface area (TPSA) is 30.0 Å². The van der Waals surface area contributed by atoms with E-state index in [1.165, 1.54) is 54.6 Å². The fourth-order valence-electron chi connectivity index (χ4n) is 7.80. The van der Waals surface area contributed by atoms with Crippen molar-refractivity contribution in [2.75, 3.05) is 0 Å². The summed E-state index contributed by atoms with van der Waals surface area (Å²) >= 11 is 0. The van der Waals surface area contributed by atoms with Gasteiger partial charge in [-0.3, -0.25) is 4.98 Å². The van der Waals surface area contributed by atoms with Crippen LogP contribution in [0.4, 0.5) is 0 Å². The number of benzene rings is 7. The molecular formula is C44H32NOP. The van der Waals surface area contributed by atoms with Crippen LogP contribution in [0.5, 0.6) is 0 Å². The molecule has 0 saturated heterocycles. The lowest BCUT2D eigenvalue weighted by molar-refractivity contribution is 0.592. The number of rotatable bonds is 4. The van der Waals surface area contributed by atoms with Crippen molar-refractivity contribution < 1.29 is 4.57 Å². The van der Waals surface area contributed by atoms with Crippen LogP contribution in [0.25, 0.3) is 54.6 Å². The Labute approximate surface area is 274 Å². The second-order valence-electron chi connectivity index (χ2n) is 13.1. The van der Waals surface area contributed by atoms with E-state index in [0.717, 1.165) is 27.0 Å². The van der Waals surface area contributed by atoms with Gasteiger partial charge in [-0.25, -0.2) is 0 Å². The van der Waals surface area contributed by atoms with Gasteiger partial charge in [0, 0.05) is 39.3 Å². The molecule has 1 aromatic heterocycles. The minimum absolute atomic E-state index is 0.277. The summed E-state index contributed by atoms with van der Waals surface area (Å²) in [5.74, 6) is 0. The average molecular weight is 622 g/mol. The molecule has 47 heavy (non-hydrogen) atoms. The van der Waals surface area contributed by atoms with Crippen LogP contribution < -0.4 is 15.9 Å². The lowest BCUT2D eigenvalue weighted by atomic mass is 9.81. The highest BCUT2D eigenvalue weighted by molar-refractivity contribution is 7.85. The van der Waals surface area contributed by atoms with Crippen LogP contribution in [0, 0.1) is 0 Å². The largest absolute Gasteiger partial charge is 0.309 e. The number of aromatic nitrogens is 1.